The number of nitrogens with zero attached hydrogens (tertiary/aromatic N) is 1. The second-order valence-electron chi connectivity index (χ2n) is 5.39. The van der Waals surface area contributed by atoms with Gasteiger partial charge in [0.2, 0.25) is 0 Å². The van der Waals surface area contributed by atoms with E-state index in [0.29, 0.717) is 13.2 Å². The zero-order valence-corrected chi connectivity index (χ0v) is 11.6. The number of aldehydes is 1. The predicted molar refractivity (Wildman–Crippen MR) is 71.6 cm³/mol. The van der Waals surface area contributed by atoms with Gasteiger partial charge in [-0.15, -0.1) is 0 Å². The average molecular weight is 257 g/mol. The summed E-state index contributed by atoms with van der Waals surface area (Å²) in [5.41, 5.74) is -0.195. The standard InChI is InChI=1S/C14H27NO3/c1-18-11-9-15(8-10-16)12-14(13-17)6-4-2-3-5-7-14/h13,16H,2-12H2,1H3. The third-order valence-corrected chi connectivity index (χ3v) is 3.92. The lowest BCUT2D eigenvalue weighted by Gasteiger charge is -2.33. The minimum absolute atomic E-state index is 0.138. The molecule has 1 aliphatic rings. The van der Waals surface area contributed by atoms with Crippen LogP contribution in [-0.4, -0.2) is 56.3 Å². The maximum atomic E-state index is 11.5. The van der Waals surface area contributed by atoms with Gasteiger partial charge in [-0.3, -0.25) is 4.90 Å². The highest BCUT2D eigenvalue weighted by atomic mass is 16.5. The molecule has 0 aromatic carbocycles. The molecule has 18 heavy (non-hydrogen) atoms. The fourth-order valence-electron chi connectivity index (χ4n) is 2.82. The largest absolute Gasteiger partial charge is 0.395 e. The second kappa shape index (κ2) is 8.62. The molecule has 1 saturated carbocycles. The van der Waals surface area contributed by atoms with Crippen LogP contribution in [0.15, 0.2) is 0 Å². The van der Waals surface area contributed by atoms with Crippen molar-refractivity contribution in [1.29, 1.82) is 0 Å². The Morgan fingerprint density at radius 3 is 2.39 bits per heavy atom. The number of aliphatic hydroxyl groups is 1. The molecule has 1 aliphatic carbocycles. The lowest BCUT2D eigenvalue weighted by molar-refractivity contribution is -0.118. The molecule has 0 unspecified atom stereocenters. The van der Waals surface area contributed by atoms with Crippen LogP contribution in [0.1, 0.15) is 38.5 Å². The van der Waals surface area contributed by atoms with Gasteiger partial charge in [-0.05, 0) is 12.8 Å². The third-order valence-electron chi connectivity index (χ3n) is 3.92. The average Bonchev–Trinajstić information content (AvgIpc) is 2.62. The van der Waals surface area contributed by atoms with E-state index in [1.54, 1.807) is 7.11 Å². The van der Waals surface area contributed by atoms with E-state index in [2.05, 4.69) is 4.90 Å². The van der Waals surface area contributed by atoms with Gasteiger partial charge < -0.3 is 14.6 Å². The van der Waals surface area contributed by atoms with Crippen LogP contribution < -0.4 is 0 Å². The van der Waals surface area contributed by atoms with Crippen LogP contribution in [0.5, 0.6) is 0 Å². The molecule has 4 heteroatoms. The quantitative estimate of drug-likeness (QED) is 0.528. The normalized spacial score (nSPS) is 19.7. The van der Waals surface area contributed by atoms with Gasteiger partial charge >= 0.3 is 0 Å². The first-order valence-corrected chi connectivity index (χ1v) is 7.05. The molecule has 106 valence electrons. The summed E-state index contributed by atoms with van der Waals surface area (Å²) in [6, 6.07) is 0. The molecule has 1 rings (SSSR count). The summed E-state index contributed by atoms with van der Waals surface area (Å²) in [6.45, 7) is 2.96. The van der Waals surface area contributed by atoms with E-state index in [4.69, 9.17) is 9.84 Å². The highest BCUT2D eigenvalue weighted by Gasteiger charge is 2.32. The minimum Gasteiger partial charge on any atom is -0.395 e. The van der Waals surface area contributed by atoms with Crippen molar-refractivity contribution in [1.82, 2.24) is 4.90 Å². The van der Waals surface area contributed by atoms with Gasteiger partial charge in [-0.25, -0.2) is 0 Å². The lowest BCUT2D eigenvalue weighted by Crippen LogP contribution is -2.41. The van der Waals surface area contributed by atoms with Gasteiger partial charge in [0, 0.05) is 32.2 Å². The van der Waals surface area contributed by atoms with Gasteiger partial charge in [0.15, 0.2) is 0 Å². The summed E-state index contributed by atoms with van der Waals surface area (Å²) in [4.78, 5) is 13.7. The molecule has 4 nitrogen and oxygen atoms in total. The van der Waals surface area contributed by atoms with Crippen molar-refractivity contribution in [2.24, 2.45) is 5.41 Å². The molecule has 0 amide bonds. The van der Waals surface area contributed by atoms with Crippen LogP contribution in [0.3, 0.4) is 0 Å². The summed E-state index contributed by atoms with van der Waals surface area (Å²) < 4.78 is 5.09. The van der Waals surface area contributed by atoms with Crippen molar-refractivity contribution < 1.29 is 14.6 Å². The number of carbonyl (C=O) groups excluding carboxylic acids is 1. The van der Waals surface area contributed by atoms with E-state index in [9.17, 15) is 4.79 Å². The van der Waals surface area contributed by atoms with E-state index in [-0.39, 0.29) is 12.0 Å². The first kappa shape index (κ1) is 15.6. The highest BCUT2D eigenvalue weighted by Crippen LogP contribution is 2.33. The molecule has 0 radical (unpaired) electrons. The molecule has 1 N–H and O–H groups in total. The lowest BCUT2D eigenvalue weighted by atomic mass is 9.81. The molecular weight excluding hydrogens is 230 g/mol. The smallest absolute Gasteiger partial charge is 0.127 e. The van der Waals surface area contributed by atoms with Crippen molar-refractivity contribution in [2.75, 3.05) is 40.0 Å². The Labute approximate surface area is 110 Å². The monoisotopic (exact) mass is 257 g/mol. The van der Waals surface area contributed by atoms with Gasteiger partial charge in [-0.1, -0.05) is 25.7 Å². The molecule has 0 bridgehead atoms. The molecule has 0 atom stereocenters. The van der Waals surface area contributed by atoms with Gasteiger partial charge in [0.1, 0.15) is 6.29 Å². The van der Waals surface area contributed by atoms with Crippen LogP contribution >= 0.6 is 0 Å². The van der Waals surface area contributed by atoms with Crippen molar-refractivity contribution in [3.8, 4) is 0 Å². The van der Waals surface area contributed by atoms with Crippen molar-refractivity contribution >= 4 is 6.29 Å². The Hall–Kier alpha value is -0.450. The van der Waals surface area contributed by atoms with E-state index in [1.165, 1.54) is 12.8 Å². The first-order chi connectivity index (χ1) is 8.76. The number of methoxy groups -OCH3 is 1. The molecule has 1 fully saturated rings. The van der Waals surface area contributed by atoms with Crippen molar-refractivity contribution in [3.05, 3.63) is 0 Å². The van der Waals surface area contributed by atoms with E-state index in [0.717, 1.165) is 45.1 Å². The zero-order chi connectivity index (χ0) is 13.3. The Morgan fingerprint density at radius 1 is 1.22 bits per heavy atom. The predicted octanol–water partition coefficient (Wildman–Crippen LogP) is 1.47. The Morgan fingerprint density at radius 2 is 1.89 bits per heavy atom. The van der Waals surface area contributed by atoms with Crippen LogP contribution in [0, 0.1) is 5.41 Å². The van der Waals surface area contributed by atoms with E-state index < -0.39 is 0 Å². The van der Waals surface area contributed by atoms with E-state index in [1.807, 2.05) is 0 Å². The fourth-order valence-corrected chi connectivity index (χ4v) is 2.82. The topological polar surface area (TPSA) is 49.8 Å². The zero-order valence-electron chi connectivity index (χ0n) is 11.6. The number of carbonyl (C=O) groups is 1. The maximum absolute atomic E-state index is 11.5. The summed E-state index contributed by atoms with van der Waals surface area (Å²) in [5.74, 6) is 0. The maximum Gasteiger partial charge on any atom is 0.127 e. The fraction of sp³-hybridized carbons (Fsp3) is 0.929. The number of ether oxygens (including phenoxy) is 1. The first-order valence-electron chi connectivity index (χ1n) is 7.05. The Balaban J connectivity index is 2.57. The van der Waals surface area contributed by atoms with Crippen LogP contribution in [0.25, 0.3) is 0 Å². The SMILES string of the molecule is COCCN(CCO)CC1(C=O)CCCCCC1. The van der Waals surface area contributed by atoms with Crippen LogP contribution in [0.4, 0.5) is 0 Å². The van der Waals surface area contributed by atoms with Gasteiger partial charge in [-0.2, -0.15) is 0 Å². The molecule has 0 aromatic rings. The van der Waals surface area contributed by atoms with Crippen molar-refractivity contribution in [2.45, 2.75) is 38.5 Å². The Kier molecular flexibility index (Phi) is 7.47. The van der Waals surface area contributed by atoms with Gasteiger partial charge in [0.25, 0.3) is 0 Å². The highest BCUT2D eigenvalue weighted by molar-refractivity contribution is 5.59. The number of hydrogen-bond acceptors (Lipinski definition) is 4. The van der Waals surface area contributed by atoms with E-state index >= 15 is 0 Å². The van der Waals surface area contributed by atoms with Crippen LogP contribution in [-0.2, 0) is 9.53 Å². The minimum atomic E-state index is -0.195. The number of hydrogen-bond donors (Lipinski definition) is 1. The molecule has 0 spiro atoms. The molecule has 0 aliphatic heterocycles. The number of rotatable bonds is 8. The summed E-state index contributed by atoms with van der Waals surface area (Å²) in [7, 11) is 1.68. The summed E-state index contributed by atoms with van der Waals surface area (Å²) in [6.07, 6.45) is 7.93. The second-order valence-corrected chi connectivity index (χ2v) is 5.39. The van der Waals surface area contributed by atoms with Crippen molar-refractivity contribution in [3.63, 3.8) is 0 Å². The Bertz CT molecular complexity index is 225. The summed E-state index contributed by atoms with van der Waals surface area (Å²) >= 11 is 0. The molecule has 0 saturated heterocycles. The molecule has 0 aromatic heterocycles. The summed E-state index contributed by atoms with van der Waals surface area (Å²) in [5, 5.41) is 9.11. The third kappa shape index (κ3) is 5.04. The molecular formula is C14H27NO3. The number of aliphatic hydroxyl groups excluding tert-OH is 1. The van der Waals surface area contributed by atoms with Gasteiger partial charge in [0.05, 0.1) is 13.2 Å². The van der Waals surface area contributed by atoms with Crippen LogP contribution in [0.2, 0.25) is 0 Å². The molecule has 0 heterocycles.